The van der Waals surface area contributed by atoms with Crippen LogP contribution in [-0.4, -0.2) is 54.5 Å². The Balaban J connectivity index is 1.86. The van der Waals surface area contributed by atoms with Gasteiger partial charge in [0.25, 0.3) is 0 Å². The van der Waals surface area contributed by atoms with E-state index in [2.05, 4.69) is 10.2 Å². The highest BCUT2D eigenvalue weighted by molar-refractivity contribution is 4.89. The first kappa shape index (κ1) is 12.3. The molecule has 3 nitrogen and oxygen atoms in total. The molecule has 4 heteroatoms. The maximum atomic E-state index is 13.8. The van der Waals surface area contributed by atoms with Gasteiger partial charge in [0.2, 0.25) is 0 Å². The Morgan fingerprint density at radius 2 is 2.12 bits per heavy atom. The van der Waals surface area contributed by atoms with Crippen LogP contribution < -0.4 is 5.32 Å². The summed E-state index contributed by atoms with van der Waals surface area (Å²) in [5, 5.41) is 12.7. The van der Waals surface area contributed by atoms with Crippen LogP contribution in [0, 0.1) is 0 Å². The molecule has 0 aromatic heterocycles. The smallest absolute Gasteiger partial charge is 0.128 e. The lowest BCUT2D eigenvalue weighted by Crippen LogP contribution is -2.53. The van der Waals surface area contributed by atoms with Gasteiger partial charge in [0.15, 0.2) is 0 Å². The number of halogens is 1. The highest BCUT2D eigenvalue weighted by Crippen LogP contribution is 2.26. The minimum Gasteiger partial charge on any atom is -0.393 e. The maximum Gasteiger partial charge on any atom is 0.128 e. The number of aliphatic hydroxyl groups excluding tert-OH is 1. The third-order valence-corrected chi connectivity index (χ3v) is 4.08. The van der Waals surface area contributed by atoms with E-state index >= 15 is 0 Å². The molecule has 4 unspecified atom stereocenters. The highest BCUT2D eigenvalue weighted by atomic mass is 19.1. The summed E-state index contributed by atoms with van der Waals surface area (Å²) in [6.45, 7) is 1.49. The summed E-state index contributed by atoms with van der Waals surface area (Å²) in [5.41, 5.74) is 0. The van der Waals surface area contributed by atoms with E-state index in [9.17, 15) is 9.50 Å². The summed E-state index contributed by atoms with van der Waals surface area (Å²) in [4.78, 5) is 2.24. The lowest BCUT2D eigenvalue weighted by Gasteiger charge is -2.41. The minimum atomic E-state index is -0.766. The largest absolute Gasteiger partial charge is 0.393 e. The first-order valence-electron chi connectivity index (χ1n) is 6.44. The normalized spacial score (nSPS) is 42.2. The van der Waals surface area contributed by atoms with Gasteiger partial charge in [-0.15, -0.1) is 0 Å². The van der Waals surface area contributed by atoms with E-state index in [4.69, 9.17) is 0 Å². The Morgan fingerprint density at radius 3 is 2.75 bits per heavy atom. The summed E-state index contributed by atoms with van der Waals surface area (Å²) in [7, 11) is 1.83. The molecule has 1 aliphatic heterocycles. The number of hydrogen-bond donors (Lipinski definition) is 2. The summed E-state index contributed by atoms with van der Waals surface area (Å²) >= 11 is 0. The van der Waals surface area contributed by atoms with Crippen LogP contribution >= 0.6 is 0 Å². The van der Waals surface area contributed by atoms with Gasteiger partial charge in [-0.25, -0.2) is 4.39 Å². The first-order valence-corrected chi connectivity index (χ1v) is 6.44. The van der Waals surface area contributed by atoms with E-state index in [0.717, 1.165) is 38.6 Å². The van der Waals surface area contributed by atoms with Crippen molar-refractivity contribution >= 4 is 0 Å². The van der Waals surface area contributed by atoms with E-state index in [1.807, 2.05) is 7.05 Å². The van der Waals surface area contributed by atoms with Crippen molar-refractivity contribution in [2.45, 2.75) is 56.5 Å². The molecular weight excluding hydrogens is 207 g/mol. The molecule has 0 amide bonds. The monoisotopic (exact) mass is 230 g/mol. The predicted molar refractivity (Wildman–Crippen MR) is 62.2 cm³/mol. The molecule has 2 N–H and O–H groups in total. The average Bonchev–Trinajstić information content (AvgIpc) is 2.29. The number of piperidine rings is 1. The van der Waals surface area contributed by atoms with Gasteiger partial charge < -0.3 is 10.4 Å². The zero-order chi connectivity index (χ0) is 11.5. The highest BCUT2D eigenvalue weighted by Gasteiger charge is 2.33. The lowest BCUT2D eigenvalue weighted by atomic mass is 9.90. The standard InChI is InChI=1S/C12H23FN2O/c1-14-12-5-6-15(8-11(12)13)9-3-2-4-10(16)7-9/h9-12,14,16H,2-8H2,1H3. The molecule has 1 aliphatic carbocycles. The molecule has 16 heavy (non-hydrogen) atoms. The number of likely N-dealkylation sites (tertiary alicyclic amines) is 1. The molecule has 94 valence electrons. The molecule has 0 spiro atoms. The molecule has 2 fully saturated rings. The molecule has 1 saturated carbocycles. The van der Waals surface area contributed by atoms with Crippen LogP contribution in [-0.2, 0) is 0 Å². The summed E-state index contributed by atoms with van der Waals surface area (Å²) < 4.78 is 13.8. The van der Waals surface area contributed by atoms with Gasteiger partial charge in [-0.05, 0) is 39.2 Å². The molecule has 2 rings (SSSR count). The molecule has 0 radical (unpaired) electrons. The zero-order valence-corrected chi connectivity index (χ0v) is 10.0. The van der Waals surface area contributed by atoms with Gasteiger partial charge in [-0.3, -0.25) is 4.90 Å². The van der Waals surface area contributed by atoms with Crippen LogP contribution in [0.3, 0.4) is 0 Å². The number of alkyl halides is 1. The fraction of sp³-hybridized carbons (Fsp3) is 1.00. The van der Waals surface area contributed by atoms with Gasteiger partial charge in [0.1, 0.15) is 6.17 Å². The van der Waals surface area contributed by atoms with Crippen molar-refractivity contribution in [2.24, 2.45) is 0 Å². The topological polar surface area (TPSA) is 35.5 Å². The second kappa shape index (κ2) is 5.43. The second-order valence-corrected chi connectivity index (χ2v) is 5.17. The number of aliphatic hydroxyl groups is 1. The minimum absolute atomic E-state index is 0.0183. The molecule has 0 bridgehead atoms. The first-order chi connectivity index (χ1) is 7.70. The van der Waals surface area contributed by atoms with E-state index in [-0.39, 0.29) is 12.1 Å². The fourth-order valence-electron chi connectivity index (χ4n) is 3.06. The van der Waals surface area contributed by atoms with E-state index in [0.29, 0.717) is 12.6 Å². The van der Waals surface area contributed by atoms with Crippen LogP contribution in [0.4, 0.5) is 4.39 Å². The van der Waals surface area contributed by atoms with Crippen molar-refractivity contribution in [1.82, 2.24) is 10.2 Å². The maximum absolute atomic E-state index is 13.8. The van der Waals surface area contributed by atoms with Crippen molar-refractivity contribution in [1.29, 1.82) is 0 Å². The number of nitrogens with zero attached hydrogens (tertiary/aromatic N) is 1. The Hall–Kier alpha value is -0.190. The van der Waals surface area contributed by atoms with E-state index in [1.54, 1.807) is 0 Å². The van der Waals surface area contributed by atoms with Crippen LogP contribution in [0.2, 0.25) is 0 Å². The van der Waals surface area contributed by atoms with E-state index in [1.165, 1.54) is 0 Å². The van der Waals surface area contributed by atoms with Crippen LogP contribution in [0.15, 0.2) is 0 Å². The van der Waals surface area contributed by atoms with Crippen molar-refractivity contribution in [3.05, 3.63) is 0 Å². The lowest BCUT2D eigenvalue weighted by molar-refractivity contribution is 0.0232. The van der Waals surface area contributed by atoms with Crippen molar-refractivity contribution in [2.75, 3.05) is 20.1 Å². The van der Waals surface area contributed by atoms with Crippen molar-refractivity contribution in [3.8, 4) is 0 Å². The summed E-state index contributed by atoms with van der Waals surface area (Å²) in [6, 6.07) is 0.421. The third-order valence-electron chi connectivity index (χ3n) is 4.08. The van der Waals surface area contributed by atoms with Crippen molar-refractivity contribution in [3.63, 3.8) is 0 Å². The number of rotatable bonds is 2. The Morgan fingerprint density at radius 1 is 1.31 bits per heavy atom. The van der Waals surface area contributed by atoms with E-state index < -0.39 is 6.17 Å². The molecule has 1 heterocycles. The Labute approximate surface area is 97.0 Å². The number of nitrogens with one attached hydrogen (secondary N) is 1. The summed E-state index contributed by atoms with van der Waals surface area (Å²) in [5.74, 6) is 0. The molecule has 2 aliphatic rings. The van der Waals surface area contributed by atoms with Gasteiger partial charge in [0.05, 0.1) is 6.10 Å². The molecule has 0 aromatic rings. The predicted octanol–water partition coefficient (Wildman–Crippen LogP) is 0.922. The average molecular weight is 230 g/mol. The van der Waals surface area contributed by atoms with Gasteiger partial charge in [-0.2, -0.15) is 0 Å². The van der Waals surface area contributed by atoms with Crippen molar-refractivity contribution < 1.29 is 9.50 Å². The molecule has 4 atom stereocenters. The molecule has 1 saturated heterocycles. The van der Waals surface area contributed by atoms with Gasteiger partial charge in [-0.1, -0.05) is 0 Å². The number of hydrogen-bond acceptors (Lipinski definition) is 3. The third kappa shape index (κ3) is 2.73. The second-order valence-electron chi connectivity index (χ2n) is 5.17. The Kier molecular flexibility index (Phi) is 4.16. The molecular formula is C12H23FN2O. The van der Waals surface area contributed by atoms with Gasteiger partial charge >= 0.3 is 0 Å². The fourth-order valence-corrected chi connectivity index (χ4v) is 3.06. The van der Waals surface area contributed by atoms with Crippen LogP contribution in [0.25, 0.3) is 0 Å². The summed E-state index contributed by atoms with van der Waals surface area (Å²) in [6.07, 6.45) is 3.89. The van der Waals surface area contributed by atoms with Crippen LogP contribution in [0.1, 0.15) is 32.1 Å². The van der Waals surface area contributed by atoms with Gasteiger partial charge in [0, 0.05) is 25.2 Å². The zero-order valence-electron chi connectivity index (χ0n) is 10.0. The SMILES string of the molecule is CNC1CCN(C2CCCC(O)C2)CC1F. The van der Waals surface area contributed by atoms with Crippen LogP contribution in [0.5, 0.6) is 0 Å². The molecule has 0 aromatic carbocycles. The quantitative estimate of drug-likeness (QED) is 0.740. The Bertz CT molecular complexity index is 227.